The van der Waals surface area contributed by atoms with Crippen LogP contribution in [0.2, 0.25) is 5.02 Å². The maximum absolute atomic E-state index is 5.98. The first kappa shape index (κ1) is 11.5. The van der Waals surface area contributed by atoms with E-state index >= 15 is 0 Å². The van der Waals surface area contributed by atoms with Crippen molar-refractivity contribution in [2.24, 2.45) is 0 Å². The number of fused-ring (bicyclic) bond motifs is 1. The predicted octanol–water partition coefficient (Wildman–Crippen LogP) is 2.22. The molecule has 82 valence electrons. The lowest BCUT2D eigenvalue weighted by Gasteiger charge is -2.01. The van der Waals surface area contributed by atoms with Crippen LogP contribution < -0.4 is 4.84 Å². The average Bonchev–Trinajstić information content (AvgIpc) is 2.63. The first-order valence-corrected chi connectivity index (χ1v) is 5.91. The van der Waals surface area contributed by atoms with Crippen LogP contribution in [0.25, 0.3) is 11.0 Å². The summed E-state index contributed by atoms with van der Waals surface area (Å²) in [6.45, 7) is 2.20. The molecule has 2 rings (SSSR count). The SMILES string of the molecule is Cc1cc2c(cc1Cl)nnn2OCC#CI. The van der Waals surface area contributed by atoms with E-state index in [1.54, 1.807) is 6.07 Å². The fourth-order valence-electron chi connectivity index (χ4n) is 1.24. The molecule has 0 aliphatic carbocycles. The van der Waals surface area contributed by atoms with E-state index in [0.717, 1.165) is 11.1 Å². The Labute approximate surface area is 111 Å². The van der Waals surface area contributed by atoms with Gasteiger partial charge in [-0.2, -0.15) is 0 Å². The van der Waals surface area contributed by atoms with E-state index in [4.69, 9.17) is 16.4 Å². The van der Waals surface area contributed by atoms with E-state index in [1.807, 2.05) is 35.6 Å². The number of halogens is 2. The molecule has 1 aromatic carbocycles. The Morgan fingerprint density at radius 1 is 1.56 bits per heavy atom. The second-order valence-corrected chi connectivity index (χ2v) is 4.04. The molecular formula is C10H7ClIN3O. The Kier molecular flexibility index (Phi) is 3.51. The van der Waals surface area contributed by atoms with Crippen molar-refractivity contribution in [2.75, 3.05) is 6.61 Å². The van der Waals surface area contributed by atoms with Crippen LogP contribution in [0.3, 0.4) is 0 Å². The Bertz CT molecular complexity index is 585. The summed E-state index contributed by atoms with van der Waals surface area (Å²) in [5.41, 5.74) is 2.46. The van der Waals surface area contributed by atoms with Crippen LogP contribution in [0, 0.1) is 16.8 Å². The number of hydrogen-bond donors (Lipinski definition) is 0. The van der Waals surface area contributed by atoms with Crippen LogP contribution in [-0.2, 0) is 0 Å². The highest BCUT2D eigenvalue weighted by atomic mass is 127. The van der Waals surface area contributed by atoms with Gasteiger partial charge in [-0.05, 0) is 39.7 Å². The minimum absolute atomic E-state index is 0.281. The van der Waals surface area contributed by atoms with Gasteiger partial charge in [0, 0.05) is 27.6 Å². The summed E-state index contributed by atoms with van der Waals surface area (Å²) >= 11 is 7.94. The Morgan fingerprint density at radius 2 is 2.38 bits per heavy atom. The minimum Gasteiger partial charge on any atom is -0.382 e. The Morgan fingerprint density at radius 3 is 3.12 bits per heavy atom. The highest BCUT2D eigenvalue weighted by molar-refractivity contribution is 14.1. The lowest BCUT2D eigenvalue weighted by Crippen LogP contribution is -2.13. The molecule has 0 saturated carbocycles. The highest BCUT2D eigenvalue weighted by Crippen LogP contribution is 2.21. The number of aryl methyl sites for hydroxylation is 1. The van der Waals surface area contributed by atoms with Gasteiger partial charge in [-0.15, -0.1) is 5.10 Å². The van der Waals surface area contributed by atoms with Gasteiger partial charge in [-0.25, -0.2) is 0 Å². The smallest absolute Gasteiger partial charge is 0.178 e. The van der Waals surface area contributed by atoms with Crippen LogP contribution in [0.4, 0.5) is 0 Å². The van der Waals surface area contributed by atoms with Crippen LogP contribution >= 0.6 is 34.2 Å². The van der Waals surface area contributed by atoms with Gasteiger partial charge in [0.2, 0.25) is 0 Å². The number of hydrogen-bond acceptors (Lipinski definition) is 3. The molecule has 6 heteroatoms. The fraction of sp³-hybridized carbons (Fsp3) is 0.200. The van der Waals surface area contributed by atoms with Gasteiger partial charge in [0.05, 0.1) is 0 Å². The molecule has 0 amide bonds. The zero-order valence-corrected chi connectivity index (χ0v) is 11.3. The van der Waals surface area contributed by atoms with Gasteiger partial charge in [-0.1, -0.05) is 16.4 Å². The van der Waals surface area contributed by atoms with Crippen LogP contribution in [0.1, 0.15) is 5.56 Å². The van der Waals surface area contributed by atoms with E-state index < -0.39 is 0 Å². The molecule has 0 fully saturated rings. The zero-order valence-electron chi connectivity index (χ0n) is 8.37. The molecule has 0 aliphatic rings. The quantitative estimate of drug-likeness (QED) is 0.618. The van der Waals surface area contributed by atoms with Crippen molar-refractivity contribution in [1.29, 1.82) is 0 Å². The first-order chi connectivity index (χ1) is 7.72. The number of benzene rings is 1. The maximum atomic E-state index is 5.98. The third-order valence-corrected chi connectivity index (χ3v) is 2.81. The Balaban J connectivity index is 2.38. The van der Waals surface area contributed by atoms with E-state index in [-0.39, 0.29) is 6.61 Å². The van der Waals surface area contributed by atoms with Crippen molar-refractivity contribution in [2.45, 2.75) is 6.92 Å². The third kappa shape index (κ3) is 2.23. The van der Waals surface area contributed by atoms with E-state index in [1.165, 1.54) is 4.85 Å². The summed E-state index contributed by atoms with van der Waals surface area (Å²) in [7, 11) is 0. The van der Waals surface area contributed by atoms with Crippen molar-refractivity contribution >= 4 is 45.2 Å². The minimum atomic E-state index is 0.281. The maximum Gasteiger partial charge on any atom is 0.178 e. The molecule has 0 saturated heterocycles. The van der Waals surface area contributed by atoms with Gasteiger partial charge in [0.15, 0.2) is 6.61 Å². The first-order valence-electron chi connectivity index (χ1n) is 4.45. The van der Waals surface area contributed by atoms with Crippen LogP contribution in [0.5, 0.6) is 0 Å². The van der Waals surface area contributed by atoms with Crippen molar-refractivity contribution in [1.82, 2.24) is 15.2 Å². The molecule has 0 atom stereocenters. The zero-order chi connectivity index (χ0) is 11.5. The molecule has 0 aliphatic heterocycles. The Hall–Kier alpha value is -1.00. The highest BCUT2D eigenvalue weighted by Gasteiger charge is 2.07. The predicted molar refractivity (Wildman–Crippen MR) is 70.5 cm³/mol. The lowest BCUT2D eigenvalue weighted by molar-refractivity contribution is 0.114. The summed E-state index contributed by atoms with van der Waals surface area (Å²) in [5, 5.41) is 8.49. The summed E-state index contributed by atoms with van der Waals surface area (Å²) in [5.74, 6) is 2.78. The monoisotopic (exact) mass is 347 g/mol. The summed E-state index contributed by atoms with van der Waals surface area (Å²) in [6.07, 6.45) is 0. The molecule has 16 heavy (non-hydrogen) atoms. The van der Waals surface area contributed by atoms with Gasteiger partial charge in [0.1, 0.15) is 11.0 Å². The van der Waals surface area contributed by atoms with Crippen molar-refractivity contribution in [3.8, 4) is 9.85 Å². The lowest BCUT2D eigenvalue weighted by atomic mass is 10.2. The molecule has 0 spiro atoms. The van der Waals surface area contributed by atoms with Gasteiger partial charge in [0.25, 0.3) is 0 Å². The molecule has 1 aromatic heterocycles. The van der Waals surface area contributed by atoms with Crippen molar-refractivity contribution in [3.63, 3.8) is 0 Å². The number of rotatable bonds is 2. The fourth-order valence-corrected chi connectivity index (χ4v) is 1.56. The van der Waals surface area contributed by atoms with Crippen LogP contribution in [-0.4, -0.2) is 21.8 Å². The summed E-state index contributed by atoms with van der Waals surface area (Å²) < 4.78 is 2.71. The average molecular weight is 348 g/mol. The summed E-state index contributed by atoms with van der Waals surface area (Å²) in [6, 6.07) is 3.65. The molecular weight excluding hydrogens is 340 g/mol. The van der Waals surface area contributed by atoms with Crippen molar-refractivity contribution in [3.05, 3.63) is 22.7 Å². The number of aromatic nitrogens is 3. The molecule has 4 nitrogen and oxygen atoms in total. The second kappa shape index (κ2) is 4.89. The summed E-state index contributed by atoms with van der Waals surface area (Å²) in [4.78, 5) is 6.68. The second-order valence-electron chi connectivity index (χ2n) is 3.10. The molecule has 1 heterocycles. The standard InChI is InChI=1S/C10H7ClIN3O/c1-7-5-10-9(6-8(7)11)13-14-15(10)16-4-2-3-12/h5-6H,4H2,1H3. The van der Waals surface area contributed by atoms with E-state index in [0.29, 0.717) is 10.5 Å². The largest absolute Gasteiger partial charge is 0.382 e. The third-order valence-electron chi connectivity index (χ3n) is 2.02. The van der Waals surface area contributed by atoms with E-state index in [2.05, 4.69) is 20.2 Å². The topological polar surface area (TPSA) is 39.9 Å². The number of nitrogens with zero attached hydrogens (tertiary/aromatic N) is 3. The van der Waals surface area contributed by atoms with Gasteiger partial charge in [-0.3, -0.25) is 0 Å². The molecule has 2 aromatic rings. The normalized spacial score (nSPS) is 9.94. The van der Waals surface area contributed by atoms with Gasteiger partial charge >= 0.3 is 0 Å². The van der Waals surface area contributed by atoms with Crippen molar-refractivity contribution < 1.29 is 4.84 Å². The van der Waals surface area contributed by atoms with E-state index in [9.17, 15) is 0 Å². The molecule has 0 N–H and O–H groups in total. The molecule has 0 bridgehead atoms. The molecule has 0 radical (unpaired) electrons. The van der Waals surface area contributed by atoms with Gasteiger partial charge < -0.3 is 4.84 Å². The molecule has 0 unspecified atom stereocenters. The van der Waals surface area contributed by atoms with Crippen LogP contribution in [0.15, 0.2) is 12.1 Å².